The molecule has 7 nitrogen and oxygen atoms in total. The number of rotatable bonds is 5. The summed E-state index contributed by atoms with van der Waals surface area (Å²) in [7, 11) is 0. The first-order valence-electron chi connectivity index (χ1n) is 7.50. The first-order chi connectivity index (χ1) is 10.0. The van der Waals surface area contributed by atoms with E-state index < -0.39 is 4.92 Å². The Hall–Kier alpha value is -1.92. The minimum atomic E-state index is -0.563. The summed E-state index contributed by atoms with van der Waals surface area (Å²) in [4.78, 5) is 22.0. The first-order valence-corrected chi connectivity index (χ1v) is 7.50. The summed E-state index contributed by atoms with van der Waals surface area (Å²) in [5.74, 6) is 1.83. The van der Waals surface area contributed by atoms with Gasteiger partial charge in [-0.25, -0.2) is 0 Å². The lowest BCUT2D eigenvalue weighted by atomic mass is 9.84. The molecule has 2 bridgehead atoms. The van der Waals surface area contributed by atoms with E-state index in [9.17, 15) is 14.9 Å². The molecule has 4 atom stereocenters. The topological polar surface area (TPSA) is 90.1 Å². The quantitative estimate of drug-likeness (QED) is 0.661. The van der Waals surface area contributed by atoms with E-state index in [0.29, 0.717) is 5.92 Å². The SMILES string of the molecule is C[C@@H](NC(=O)Cn1ccc([N+](=O)[O-])n1)[C@H]1C[C@@H]2CC[C@@H]1C2. The highest BCUT2D eigenvalue weighted by Crippen LogP contribution is 2.49. The average Bonchev–Trinajstić information content (AvgIpc) is 3.13. The van der Waals surface area contributed by atoms with Crippen molar-refractivity contribution >= 4 is 11.7 Å². The fraction of sp³-hybridized carbons (Fsp3) is 0.714. The zero-order valence-electron chi connectivity index (χ0n) is 12.1. The van der Waals surface area contributed by atoms with E-state index in [1.807, 2.05) is 0 Å². The lowest BCUT2D eigenvalue weighted by molar-refractivity contribution is -0.389. The molecule has 1 aromatic heterocycles. The lowest BCUT2D eigenvalue weighted by Crippen LogP contribution is -2.41. The van der Waals surface area contributed by atoms with Gasteiger partial charge in [0.25, 0.3) is 0 Å². The van der Waals surface area contributed by atoms with Crippen molar-refractivity contribution in [2.75, 3.05) is 0 Å². The van der Waals surface area contributed by atoms with E-state index in [0.717, 1.165) is 11.8 Å². The second-order valence-electron chi connectivity index (χ2n) is 6.32. The number of nitrogens with one attached hydrogen (secondary N) is 1. The van der Waals surface area contributed by atoms with E-state index in [1.54, 1.807) is 0 Å². The van der Waals surface area contributed by atoms with Crippen LogP contribution >= 0.6 is 0 Å². The van der Waals surface area contributed by atoms with Crippen molar-refractivity contribution in [3.8, 4) is 0 Å². The van der Waals surface area contributed by atoms with Crippen LogP contribution in [0.1, 0.15) is 32.6 Å². The molecule has 2 saturated carbocycles. The molecular formula is C14H20N4O3. The summed E-state index contributed by atoms with van der Waals surface area (Å²) in [5.41, 5.74) is 0. The van der Waals surface area contributed by atoms with Crippen LogP contribution in [-0.4, -0.2) is 26.7 Å². The third kappa shape index (κ3) is 2.91. The normalized spacial score (nSPS) is 28.5. The number of carbonyl (C=O) groups excluding carboxylic acids is 1. The minimum Gasteiger partial charge on any atom is -0.358 e. The van der Waals surface area contributed by atoms with Crippen molar-refractivity contribution in [1.82, 2.24) is 15.1 Å². The first kappa shape index (κ1) is 14.0. The largest absolute Gasteiger partial charge is 0.389 e. The number of aromatic nitrogens is 2. The Morgan fingerprint density at radius 3 is 2.95 bits per heavy atom. The monoisotopic (exact) mass is 292 g/mol. The molecule has 0 unspecified atom stereocenters. The molecule has 0 aliphatic heterocycles. The maximum Gasteiger partial charge on any atom is 0.389 e. The van der Waals surface area contributed by atoms with E-state index in [1.165, 1.54) is 42.6 Å². The van der Waals surface area contributed by atoms with Crippen molar-refractivity contribution in [2.24, 2.45) is 17.8 Å². The van der Waals surface area contributed by atoms with Crippen molar-refractivity contribution in [1.29, 1.82) is 0 Å². The molecule has 0 spiro atoms. The van der Waals surface area contributed by atoms with Gasteiger partial charge in [0.2, 0.25) is 5.91 Å². The average molecular weight is 292 g/mol. The molecule has 0 saturated heterocycles. The van der Waals surface area contributed by atoms with E-state index in [2.05, 4.69) is 17.3 Å². The maximum absolute atomic E-state index is 12.0. The fourth-order valence-electron chi connectivity index (χ4n) is 4.00. The van der Waals surface area contributed by atoms with Crippen molar-refractivity contribution in [2.45, 2.75) is 45.2 Å². The second kappa shape index (κ2) is 5.46. The van der Waals surface area contributed by atoms with Gasteiger partial charge in [-0.3, -0.25) is 4.79 Å². The van der Waals surface area contributed by atoms with Crippen LogP contribution in [0.3, 0.4) is 0 Å². The number of amides is 1. The predicted molar refractivity (Wildman–Crippen MR) is 75.4 cm³/mol. The summed E-state index contributed by atoms with van der Waals surface area (Å²) >= 11 is 0. The van der Waals surface area contributed by atoms with Crippen molar-refractivity contribution in [3.05, 3.63) is 22.4 Å². The number of carbonyl (C=O) groups is 1. The molecule has 21 heavy (non-hydrogen) atoms. The molecule has 1 aromatic rings. The number of nitrogens with zero attached hydrogens (tertiary/aromatic N) is 3. The highest BCUT2D eigenvalue weighted by Gasteiger charge is 2.42. The molecule has 2 fully saturated rings. The van der Waals surface area contributed by atoms with Gasteiger partial charge in [0.1, 0.15) is 6.54 Å². The third-order valence-corrected chi connectivity index (χ3v) is 4.94. The Morgan fingerprint density at radius 1 is 1.57 bits per heavy atom. The van der Waals surface area contributed by atoms with E-state index in [4.69, 9.17) is 0 Å². The van der Waals surface area contributed by atoms with Gasteiger partial charge in [-0.1, -0.05) is 6.42 Å². The standard InChI is InChI=1S/C14H20N4O3/c1-9(12-7-10-2-3-11(12)6-10)15-14(19)8-17-5-4-13(16-17)18(20)21/h4-5,9-12H,2-3,6-8H2,1H3,(H,15,19)/t9-,10-,11-,12-/m1/s1. The number of fused-ring (bicyclic) bond motifs is 2. The number of hydrogen-bond donors (Lipinski definition) is 1. The Kier molecular flexibility index (Phi) is 3.65. The highest BCUT2D eigenvalue weighted by atomic mass is 16.6. The van der Waals surface area contributed by atoms with Crippen LogP contribution in [0, 0.1) is 27.9 Å². The van der Waals surface area contributed by atoms with Gasteiger partial charge in [0, 0.05) is 6.04 Å². The smallest absolute Gasteiger partial charge is 0.358 e. The van der Waals surface area contributed by atoms with E-state index in [-0.39, 0.29) is 24.3 Å². The molecule has 1 heterocycles. The molecule has 1 amide bonds. The molecule has 114 valence electrons. The molecule has 2 aliphatic carbocycles. The van der Waals surface area contributed by atoms with Gasteiger partial charge in [-0.15, -0.1) is 0 Å². The van der Waals surface area contributed by atoms with Crippen LogP contribution < -0.4 is 5.32 Å². The van der Waals surface area contributed by atoms with Gasteiger partial charge in [0.05, 0.1) is 17.4 Å². The molecule has 1 N–H and O–H groups in total. The summed E-state index contributed by atoms with van der Waals surface area (Å²) in [5, 5.41) is 17.3. The zero-order chi connectivity index (χ0) is 15.0. The molecule has 3 rings (SSSR count). The Morgan fingerprint density at radius 2 is 2.38 bits per heavy atom. The second-order valence-corrected chi connectivity index (χ2v) is 6.32. The van der Waals surface area contributed by atoms with Gasteiger partial charge in [0.15, 0.2) is 0 Å². The Balaban J connectivity index is 1.52. The maximum atomic E-state index is 12.0. The van der Waals surface area contributed by atoms with Gasteiger partial charge >= 0.3 is 5.82 Å². The lowest BCUT2D eigenvalue weighted by Gasteiger charge is -2.28. The van der Waals surface area contributed by atoms with Crippen LogP contribution in [0.5, 0.6) is 0 Å². The fourth-order valence-corrected chi connectivity index (χ4v) is 4.00. The minimum absolute atomic E-state index is 0.0268. The molecule has 7 heteroatoms. The predicted octanol–water partition coefficient (Wildman–Crippen LogP) is 1.73. The van der Waals surface area contributed by atoms with Crippen LogP contribution in [0.15, 0.2) is 12.3 Å². The highest BCUT2D eigenvalue weighted by molar-refractivity contribution is 5.76. The molecule has 0 aromatic carbocycles. The van der Waals surface area contributed by atoms with Crippen LogP contribution in [-0.2, 0) is 11.3 Å². The Bertz CT molecular complexity index is 556. The van der Waals surface area contributed by atoms with E-state index >= 15 is 0 Å². The summed E-state index contributed by atoms with van der Waals surface area (Å²) < 4.78 is 1.31. The van der Waals surface area contributed by atoms with Crippen LogP contribution in [0.25, 0.3) is 0 Å². The number of nitro groups is 1. The number of hydrogen-bond acceptors (Lipinski definition) is 4. The zero-order valence-corrected chi connectivity index (χ0v) is 12.1. The summed E-state index contributed by atoms with van der Waals surface area (Å²) in [6, 6.07) is 1.46. The van der Waals surface area contributed by atoms with Gasteiger partial charge in [-0.05, 0) is 48.9 Å². The summed E-state index contributed by atoms with van der Waals surface area (Å²) in [6.45, 7) is 2.09. The molecule has 0 radical (unpaired) electrons. The van der Waals surface area contributed by atoms with Crippen LogP contribution in [0.4, 0.5) is 5.82 Å². The van der Waals surface area contributed by atoms with Gasteiger partial charge in [-0.2, -0.15) is 4.68 Å². The van der Waals surface area contributed by atoms with Crippen molar-refractivity contribution in [3.63, 3.8) is 0 Å². The van der Waals surface area contributed by atoms with Gasteiger partial charge < -0.3 is 15.4 Å². The van der Waals surface area contributed by atoms with Crippen molar-refractivity contribution < 1.29 is 9.72 Å². The molecule has 2 aliphatic rings. The molecular weight excluding hydrogens is 272 g/mol. The third-order valence-electron chi connectivity index (χ3n) is 4.94. The summed E-state index contributed by atoms with van der Waals surface area (Å²) in [6.07, 6.45) is 6.63. The van der Waals surface area contributed by atoms with Crippen LogP contribution in [0.2, 0.25) is 0 Å². The Labute approximate surface area is 122 Å².